The molecule has 0 aliphatic heterocycles. The molecule has 0 unspecified atom stereocenters. The fraction of sp³-hybridized carbons (Fsp3) is 0.0625. The SMILES string of the molecule is Cc1ccc(C(c2ccc(-c3ccccc3)cc2)c2ccc(-c3ccccc3)cc2)cc1. The highest BCUT2D eigenvalue weighted by Crippen LogP contribution is 2.34. The second-order valence-corrected chi connectivity index (χ2v) is 8.32. The summed E-state index contributed by atoms with van der Waals surface area (Å²) in [5, 5.41) is 0. The largest absolute Gasteiger partial charge is 0.0622 e. The van der Waals surface area contributed by atoms with E-state index in [9.17, 15) is 0 Å². The molecule has 5 aromatic rings. The van der Waals surface area contributed by atoms with Crippen LogP contribution in [-0.2, 0) is 0 Å². The summed E-state index contributed by atoms with van der Waals surface area (Å²) in [6.07, 6.45) is 0. The van der Waals surface area contributed by atoms with Crippen LogP contribution in [0.2, 0.25) is 0 Å². The monoisotopic (exact) mass is 410 g/mol. The predicted molar refractivity (Wildman–Crippen MR) is 136 cm³/mol. The lowest BCUT2D eigenvalue weighted by Crippen LogP contribution is -2.03. The van der Waals surface area contributed by atoms with Crippen LogP contribution in [0.4, 0.5) is 0 Å². The Morgan fingerprint density at radius 1 is 0.344 bits per heavy atom. The van der Waals surface area contributed by atoms with Crippen molar-refractivity contribution in [2.75, 3.05) is 0 Å². The normalized spacial score (nSPS) is 10.9. The van der Waals surface area contributed by atoms with Crippen molar-refractivity contribution in [2.24, 2.45) is 0 Å². The highest BCUT2D eigenvalue weighted by molar-refractivity contribution is 5.65. The third-order valence-corrected chi connectivity index (χ3v) is 6.11. The van der Waals surface area contributed by atoms with Gasteiger partial charge in [0, 0.05) is 5.92 Å². The van der Waals surface area contributed by atoms with Crippen molar-refractivity contribution < 1.29 is 0 Å². The molecule has 0 aliphatic rings. The summed E-state index contributed by atoms with van der Waals surface area (Å²) in [6.45, 7) is 2.14. The molecule has 0 saturated heterocycles. The lowest BCUT2D eigenvalue weighted by atomic mass is 9.84. The summed E-state index contributed by atoms with van der Waals surface area (Å²) < 4.78 is 0. The van der Waals surface area contributed by atoms with Gasteiger partial charge in [-0.1, -0.05) is 139 Å². The molecular formula is C32H26. The molecule has 0 N–H and O–H groups in total. The number of rotatable bonds is 5. The van der Waals surface area contributed by atoms with Crippen molar-refractivity contribution in [1.82, 2.24) is 0 Å². The maximum atomic E-state index is 2.28. The molecule has 0 radical (unpaired) electrons. The number of hydrogen-bond donors (Lipinski definition) is 0. The molecule has 32 heavy (non-hydrogen) atoms. The number of benzene rings is 5. The fourth-order valence-electron chi connectivity index (χ4n) is 4.33. The molecule has 5 rings (SSSR count). The van der Waals surface area contributed by atoms with Gasteiger partial charge in [0.05, 0.1) is 0 Å². The van der Waals surface area contributed by atoms with Gasteiger partial charge in [0.15, 0.2) is 0 Å². The second-order valence-electron chi connectivity index (χ2n) is 8.32. The summed E-state index contributed by atoms with van der Waals surface area (Å²) in [4.78, 5) is 0. The molecule has 154 valence electrons. The number of aryl methyl sites for hydroxylation is 1. The third-order valence-electron chi connectivity index (χ3n) is 6.11. The maximum absolute atomic E-state index is 2.28. The molecular weight excluding hydrogens is 384 g/mol. The Kier molecular flexibility index (Phi) is 5.68. The van der Waals surface area contributed by atoms with E-state index in [1.54, 1.807) is 0 Å². The highest BCUT2D eigenvalue weighted by Gasteiger charge is 2.17. The smallest absolute Gasteiger partial charge is 0.0340 e. The average molecular weight is 411 g/mol. The second kappa shape index (κ2) is 9.08. The molecule has 0 bridgehead atoms. The average Bonchev–Trinajstić information content (AvgIpc) is 2.87. The molecule has 0 saturated carbocycles. The summed E-state index contributed by atoms with van der Waals surface area (Å²) in [6, 6.07) is 48.1. The lowest BCUT2D eigenvalue weighted by Gasteiger charge is -2.20. The summed E-state index contributed by atoms with van der Waals surface area (Å²) >= 11 is 0. The van der Waals surface area contributed by atoms with Gasteiger partial charge in [0.1, 0.15) is 0 Å². The van der Waals surface area contributed by atoms with Crippen LogP contribution < -0.4 is 0 Å². The Hall–Kier alpha value is -3.90. The Morgan fingerprint density at radius 3 is 1.03 bits per heavy atom. The van der Waals surface area contributed by atoms with Gasteiger partial charge < -0.3 is 0 Å². The van der Waals surface area contributed by atoms with Crippen LogP contribution in [0.5, 0.6) is 0 Å². The van der Waals surface area contributed by atoms with Crippen LogP contribution in [0.1, 0.15) is 28.2 Å². The van der Waals surface area contributed by atoms with E-state index in [1.165, 1.54) is 44.5 Å². The zero-order valence-corrected chi connectivity index (χ0v) is 18.3. The van der Waals surface area contributed by atoms with E-state index < -0.39 is 0 Å². The highest BCUT2D eigenvalue weighted by atomic mass is 14.2. The topological polar surface area (TPSA) is 0 Å². The standard InChI is InChI=1S/C32H26/c1-24-12-14-29(15-13-24)32(30-20-16-27(17-21-30)25-8-4-2-5-9-25)31-22-18-28(19-23-31)26-10-6-3-7-11-26/h2-23,32H,1H3. The molecule has 0 aliphatic carbocycles. The van der Waals surface area contributed by atoms with E-state index >= 15 is 0 Å². The first-order valence-electron chi connectivity index (χ1n) is 11.2. The van der Waals surface area contributed by atoms with Crippen LogP contribution >= 0.6 is 0 Å². The van der Waals surface area contributed by atoms with Crippen molar-refractivity contribution in [3.8, 4) is 22.3 Å². The summed E-state index contributed by atoms with van der Waals surface area (Å²) in [7, 11) is 0. The minimum absolute atomic E-state index is 0.199. The van der Waals surface area contributed by atoms with Crippen LogP contribution in [0.15, 0.2) is 133 Å². The molecule has 5 aromatic carbocycles. The zero-order valence-electron chi connectivity index (χ0n) is 18.3. The van der Waals surface area contributed by atoms with E-state index in [0.717, 1.165) is 0 Å². The van der Waals surface area contributed by atoms with Crippen molar-refractivity contribution in [3.05, 3.63) is 156 Å². The minimum atomic E-state index is 0.199. The van der Waals surface area contributed by atoms with Gasteiger partial charge in [-0.15, -0.1) is 0 Å². The first kappa shape index (κ1) is 20.0. The Morgan fingerprint density at radius 2 is 0.656 bits per heavy atom. The Balaban J connectivity index is 1.53. The Labute approximate surface area is 190 Å². The molecule has 0 fully saturated rings. The van der Waals surface area contributed by atoms with Gasteiger partial charge in [-0.05, 0) is 45.9 Å². The molecule has 0 nitrogen and oxygen atoms in total. The fourth-order valence-corrected chi connectivity index (χ4v) is 4.33. The number of hydrogen-bond acceptors (Lipinski definition) is 0. The van der Waals surface area contributed by atoms with Gasteiger partial charge in [-0.25, -0.2) is 0 Å². The van der Waals surface area contributed by atoms with Crippen LogP contribution in [-0.4, -0.2) is 0 Å². The van der Waals surface area contributed by atoms with E-state index in [2.05, 4.69) is 140 Å². The molecule has 0 heteroatoms. The molecule has 0 heterocycles. The zero-order chi connectivity index (χ0) is 21.8. The summed E-state index contributed by atoms with van der Waals surface area (Å²) in [5.41, 5.74) is 10.2. The van der Waals surface area contributed by atoms with Crippen LogP contribution in [0.3, 0.4) is 0 Å². The lowest BCUT2D eigenvalue weighted by molar-refractivity contribution is 0.976. The third kappa shape index (κ3) is 4.26. The van der Waals surface area contributed by atoms with Crippen molar-refractivity contribution >= 4 is 0 Å². The van der Waals surface area contributed by atoms with Crippen LogP contribution in [0.25, 0.3) is 22.3 Å². The quantitative estimate of drug-likeness (QED) is 0.255. The van der Waals surface area contributed by atoms with Crippen molar-refractivity contribution in [2.45, 2.75) is 12.8 Å². The molecule has 0 aromatic heterocycles. The predicted octanol–water partition coefficient (Wildman–Crippen LogP) is 8.51. The Bertz CT molecular complexity index is 1180. The van der Waals surface area contributed by atoms with E-state index in [0.29, 0.717) is 0 Å². The van der Waals surface area contributed by atoms with E-state index in [4.69, 9.17) is 0 Å². The van der Waals surface area contributed by atoms with Crippen molar-refractivity contribution in [3.63, 3.8) is 0 Å². The molecule has 0 spiro atoms. The minimum Gasteiger partial charge on any atom is -0.0622 e. The van der Waals surface area contributed by atoms with E-state index in [1.807, 2.05) is 0 Å². The van der Waals surface area contributed by atoms with Gasteiger partial charge >= 0.3 is 0 Å². The van der Waals surface area contributed by atoms with Crippen molar-refractivity contribution in [1.29, 1.82) is 0 Å². The van der Waals surface area contributed by atoms with Gasteiger partial charge in [0.2, 0.25) is 0 Å². The first-order chi connectivity index (χ1) is 15.8. The van der Waals surface area contributed by atoms with Gasteiger partial charge in [0.25, 0.3) is 0 Å². The summed E-state index contributed by atoms with van der Waals surface area (Å²) in [5.74, 6) is 0.199. The van der Waals surface area contributed by atoms with Gasteiger partial charge in [-0.2, -0.15) is 0 Å². The van der Waals surface area contributed by atoms with Crippen LogP contribution in [0, 0.1) is 6.92 Å². The van der Waals surface area contributed by atoms with E-state index in [-0.39, 0.29) is 5.92 Å². The molecule has 0 atom stereocenters. The maximum Gasteiger partial charge on any atom is 0.0340 e. The van der Waals surface area contributed by atoms with Gasteiger partial charge in [-0.3, -0.25) is 0 Å². The molecule has 0 amide bonds. The first-order valence-corrected chi connectivity index (χ1v) is 11.2.